The maximum absolute atomic E-state index is 13.1. The van der Waals surface area contributed by atoms with E-state index in [0.29, 0.717) is 24.9 Å². The van der Waals surface area contributed by atoms with Crippen LogP contribution in [0.5, 0.6) is 0 Å². The molecule has 0 saturated heterocycles. The van der Waals surface area contributed by atoms with Crippen LogP contribution >= 0.6 is 0 Å². The van der Waals surface area contributed by atoms with E-state index in [9.17, 15) is 9.59 Å². The molecule has 4 aromatic rings. The van der Waals surface area contributed by atoms with Gasteiger partial charge in [-0.3, -0.25) is 9.59 Å². The highest BCUT2D eigenvalue weighted by atomic mass is 16.2. The van der Waals surface area contributed by atoms with Crippen LogP contribution in [-0.2, 0) is 17.8 Å². The van der Waals surface area contributed by atoms with E-state index in [0.717, 1.165) is 27.8 Å². The molecule has 148 valence electrons. The van der Waals surface area contributed by atoms with Crippen LogP contribution < -0.4 is 10.6 Å². The van der Waals surface area contributed by atoms with E-state index in [1.165, 1.54) is 5.56 Å². The number of aromatic nitrogens is 1. The molecule has 1 aliphatic heterocycles. The quantitative estimate of drug-likeness (QED) is 0.520. The molecule has 30 heavy (non-hydrogen) atoms. The molecular weight excluding hydrogens is 374 g/mol. The Morgan fingerprint density at radius 1 is 0.967 bits per heavy atom. The number of fused-ring (bicyclic) bond motifs is 2. The average Bonchev–Trinajstić information content (AvgIpc) is 3.13. The summed E-state index contributed by atoms with van der Waals surface area (Å²) in [6.45, 7) is 0.702. The highest BCUT2D eigenvalue weighted by molar-refractivity contribution is 6.13. The number of carbonyl (C=O) groups excluding carboxylic acids is 2. The summed E-state index contributed by atoms with van der Waals surface area (Å²) >= 11 is 0. The lowest BCUT2D eigenvalue weighted by molar-refractivity contribution is -0.116. The Hall–Kier alpha value is -3.86. The molecule has 5 nitrogen and oxygen atoms in total. The molecule has 3 aromatic carbocycles. The first-order chi connectivity index (χ1) is 14.7. The monoisotopic (exact) mass is 395 g/mol. The van der Waals surface area contributed by atoms with Gasteiger partial charge in [-0.05, 0) is 41.8 Å². The number of benzene rings is 3. The molecule has 0 atom stereocenters. The number of aryl methyl sites for hydroxylation is 1. The van der Waals surface area contributed by atoms with E-state index in [1.807, 2.05) is 66.9 Å². The third-order valence-electron chi connectivity index (χ3n) is 5.49. The summed E-state index contributed by atoms with van der Waals surface area (Å²) in [5, 5.41) is 6.82. The molecule has 5 rings (SSSR count). The van der Waals surface area contributed by atoms with Crippen molar-refractivity contribution < 1.29 is 9.59 Å². The van der Waals surface area contributed by atoms with Crippen LogP contribution in [0.25, 0.3) is 10.9 Å². The van der Waals surface area contributed by atoms with Crippen LogP contribution in [0.1, 0.15) is 27.9 Å². The number of amides is 2. The Morgan fingerprint density at radius 2 is 1.77 bits per heavy atom. The molecule has 2 heterocycles. The minimum Gasteiger partial charge on any atom is -0.342 e. The van der Waals surface area contributed by atoms with Gasteiger partial charge in [0.1, 0.15) is 0 Å². The van der Waals surface area contributed by atoms with Gasteiger partial charge in [0.15, 0.2) is 0 Å². The number of nitrogens with one attached hydrogen (secondary N) is 2. The second kappa shape index (κ2) is 7.52. The van der Waals surface area contributed by atoms with Crippen LogP contribution in [0.2, 0.25) is 0 Å². The van der Waals surface area contributed by atoms with Gasteiger partial charge in [-0.2, -0.15) is 0 Å². The molecule has 0 radical (unpaired) electrons. The smallest absolute Gasteiger partial charge is 0.257 e. The van der Waals surface area contributed by atoms with E-state index < -0.39 is 0 Å². The van der Waals surface area contributed by atoms with Crippen molar-refractivity contribution in [1.82, 2.24) is 4.57 Å². The highest BCUT2D eigenvalue weighted by Gasteiger charge is 2.18. The van der Waals surface area contributed by atoms with Gasteiger partial charge >= 0.3 is 0 Å². The zero-order valence-electron chi connectivity index (χ0n) is 16.4. The van der Waals surface area contributed by atoms with Crippen molar-refractivity contribution >= 4 is 34.1 Å². The lowest BCUT2D eigenvalue weighted by Crippen LogP contribution is -2.19. The van der Waals surface area contributed by atoms with Crippen molar-refractivity contribution in [1.29, 1.82) is 0 Å². The maximum Gasteiger partial charge on any atom is 0.257 e. The third-order valence-corrected chi connectivity index (χ3v) is 5.49. The van der Waals surface area contributed by atoms with Crippen molar-refractivity contribution in [3.8, 4) is 0 Å². The summed E-state index contributed by atoms with van der Waals surface area (Å²) in [4.78, 5) is 24.7. The van der Waals surface area contributed by atoms with Gasteiger partial charge in [-0.25, -0.2) is 0 Å². The van der Waals surface area contributed by atoms with Crippen molar-refractivity contribution in [2.24, 2.45) is 0 Å². The third kappa shape index (κ3) is 3.46. The van der Waals surface area contributed by atoms with E-state index in [2.05, 4.69) is 27.3 Å². The van der Waals surface area contributed by atoms with Gasteiger partial charge in [0.25, 0.3) is 5.91 Å². The lowest BCUT2D eigenvalue weighted by Gasteiger charge is -2.17. The van der Waals surface area contributed by atoms with E-state index in [1.54, 1.807) is 0 Å². The Bertz CT molecular complexity index is 1260. The number of hydrogen-bond acceptors (Lipinski definition) is 2. The maximum atomic E-state index is 13.1. The molecule has 0 aliphatic carbocycles. The van der Waals surface area contributed by atoms with Crippen LogP contribution in [0.15, 0.2) is 79.0 Å². The number of anilines is 2. The molecule has 1 aliphatic rings. The fraction of sp³-hybridized carbons (Fsp3) is 0.120. The van der Waals surface area contributed by atoms with Gasteiger partial charge in [0.2, 0.25) is 5.91 Å². The second-order valence-corrected chi connectivity index (χ2v) is 7.55. The minimum atomic E-state index is -0.141. The summed E-state index contributed by atoms with van der Waals surface area (Å²) in [6.07, 6.45) is 3.07. The van der Waals surface area contributed by atoms with Gasteiger partial charge in [-0.15, -0.1) is 0 Å². The normalized spacial score (nSPS) is 13.0. The second-order valence-electron chi connectivity index (χ2n) is 7.55. The van der Waals surface area contributed by atoms with Gasteiger partial charge < -0.3 is 15.2 Å². The van der Waals surface area contributed by atoms with E-state index >= 15 is 0 Å². The molecule has 0 saturated carbocycles. The first-order valence-electron chi connectivity index (χ1n) is 10.0. The average molecular weight is 395 g/mol. The molecular formula is C25H21N3O2. The van der Waals surface area contributed by atoms with Crippen molar-refractivity contribution in [2.45, 2.75) is 19.4 Å². The summed E-state index contributed by atoms with van der Waals surface area (Å²) < 4.78 is 2.11. The number of para-hydroxylation sites is 1. The van der Waals surface area contributed by atoms with Crippen LogP contribution in [0, 0.1) is 0 Å². The fourth-order valence-electron chi connectivity index (χ4n) is 4.00. The summed E-state index contributed by atoms with van der Waals surface area (Å²) in [5.74, 6) is -0.108. The van der Waals surface area contributed by atoms with Gasteiger partial charge in [0, 0.05) is 41.4 Å². The summed E-state index contributed by atoms with van der Waals surface area (Å²) in [6, 6.07) is 23.8. The summed E-state index contributed by atoms with van der Waals surface area (Å²) in [5.41, 5.74) is 5.45. The van der Waals surface area contributed by atoms with Crippen LogP contribution in [0.4, 0.5) is 11.4 Å². The molecule has 0 spiro atoms. The van der Waals surface area contributed by atoms with Gasteiger partial charge in [0.05, 0.1) is 5.56 Å². The van der Waals surface area contributed by atoms with Crippen molar-refractivity contribution in [3.63, 3.8) is 0 Å². The topological polar surface area (TPSA) is 63.1 Å². The zero-order chi connectivity index (χ0) is 20.5. The molecule has 1 aromatic heterocycles. The SMILES string of the molecule is O=C1CCc2cc(NC(=O)c3cn(Cc4ccccc4)c4ccccc34)ccc2N1. The molecule has 2 amide bonds. The zero-order valence-corrected chi connectivity index (χ0v) is 16.4. The first kappa shape index (κ1) is 18.2. The largest absolute Gasteiger partial charge is 0.342 e. The Kier molecular flexibility index (Phi) is 4.56. The van der Waals surface area contributed by atoms with Crippen LogP contribution in [0.3, 0.4) is 0 Å². The highest BCUT2D eigenvalue weighted by Crippen LogP contribution is 2.27. The van der Waals surface area contributed by atoms with E-state index in [-0.39, 0.29) is 11.8 Å². The predicted molar refractivity (Wildman–Crippen MR) is 119 cm³/mol. The number of rotatable bonds is 4. The number of carbonyl (C=O) groups is 2. The van der Waals surface area contributed by atoms with Crippen molar-refractivity contribution in [3.05, 3.63) is 95.7 Å². The molecule has 0 bridgehead atoms. The van der Waals surface area contributed by atoms with Gasteiger partial charge in [-0.1, -0.05) is 48.5 Å². The fourth-order valence-corrected chi connectivity index (χ4v) is 4.00. The standard InChI is InChI=1S/C25H21N3O2/c29-24-13-10-18-14-19(11-12-22(18)27-24)26-25(30)21-16-28(15-17-6-2-1-3-7-17)23-9-5-4-8-20(21)23/h1-9,11-12,14,16H,10,13,15H2,(H,26,30)(H,27,29). The lowest BCUT2D eigenvalue weighted by atomic mass is 10.0. The number of hydrogen-bond donors (Lipinski definition) is 2. The molecule has 2 N–H and O–H groups in total. The van der Waals surface area contributed by atoms with E-state index in [4.69, 9.17) is 0 Å². The minimum absolute atomic E-state index is 0.0329. The summed E-state index contributed by atoms with van der Waals surface area (Å²) in [7, 11) is 0. The van der Waals surface area contributed by atoms with Crippen LogP contribution in [-0.4, -0.2) is 16.4 Å². The predicted octanol–water partition coefficient (Wildman–Crippen LogP) is 4.83. The van der Waals surface area contributed by atoms with Crippen molar-refractivity contribution in [2.75, 3.05) is 10.6 Å². The number of nitrogens with zero attached hydrogens (tertiary/aromatic N) is 1. The Labute approximate surface area is 174 Å². The Morgan fingerprint density at radius 3 is 2.63 bits per heavy atom. The Balaban J connectivity index is 1.44. The first-order valence-corrected chi connectivity index (χ1v) is 10.0. The molecule has 0 unspecified atom stereocenters. The molecule has 0 fully saturated rings. The molecule has 5 heteroatoms.